The molecule has 1 saturated heterocycles. The van der Waals surface area contributed by atoms with Gasteiger partial charge in [0.15, 0.2) is 0 Å². The van der Waals surface area contributed by atoms with Gasteiger partial charge in [-0.3, -0.25) is 9.59 Å². The summed E-state index contributed by atoms with van der Waals surface area (Å²) < 4.78 is 44.8. The van der Waals surface area contributed by atoms with E-state index in [2.05, 4.69) is 0 Å². The monoisotopic (exact) mass is 369 g/mol. The van der Waals surface area contributed by atoms with Crippen molar-refractivity contribution in [2.45, 2.75) is 44.3 Å². The van der Waals surface area contributed by atoms with Crippen LogP contribution in [0.3, 0.4) is 0 Å². The fourth-order valence-corrected chi connectivity index (χ4v) is 4.42. The number of fused-ring (bicyclic) bond motifs is 1. The van der Waals surface area contributed by atoms with Gasteiger partial charge in [-0.15, -0.1) is 0 Å². The molecule has 26 heavy (non-hydrogen) atoms. The van der Waals surface area contributed by atoms with Crippen molar-refractivity contribution in [1.82, 2.24) is 4.90 Å². The zero-order valence-corrected chi connectivity index (χ0v) is 14.6. The highest BCUT2D eigenvalue weighted by molar-refractivity contribution is 5.96. The number of ether oxygens (including phenoxy) is 1. The number of likely N-dealkylation sites (tertiary alicyclic amines) is 1. The molecule has 1 aromatic rings. The van der Waals surface area contributed by atoms with Gasteiger partial charge in [0.1, 0.15) is 0 Å². The topological polar surface area (TPSA) is 46.6 Å². The van der Waals surface area contributed by atoms with E-state index < -0.39 is 17.6 Å². The van der Waals surface area contributed by atoms with Crippen molar-refractivity contribution in [1.29, 1.82) is 0 Å². The molecule has 1 aliphatic carbocycles. The van der Waals surface area contributed by atoms with Gasteiger partial charge in [0, 0.05) is 12.6 Å². The number of nitrogens with zero attached hydrogens (tertiary/aromatic N) is 1. The molecule has 1 saturated carbocycles. The van der Waals surface area contributed by atoms with E-state index in [1.807, 2.05) is 0 Å². The van der Waals surface area contributed by atoms with Crippen LogP contribution in [0.15, 0.2) is 24.3 Å². The number of rotatable bonds is 2. The third-order valence-corrected chi connectivity index (χ3v) is 5.61. The number of halogens is 3. The molecule has 0 N–H and O–H groups in total. The van der Waals surface area contributed by atoms with E-state index in [-0.39, 0.29) is 36.0 Å². The summed E-state index contributed by atoms with van der Waals surface area (Å²) in [6.45, 7) is 0.270. The molecule has 2 fully saturated rings. The Labute approximate surface area is 150 Å². The summed E-state index contributed by atoms with van der Waals surface area (Å²) >= 11 is 0. The molecule has 0 radical (unpaired) electrons. The maximum absolute atomic E-state index is 13.3. The van der Waals surface area contributed by atoms with Gasteiger partial charge in [0.2, 0.25) is 0 Å². The summed E-state index contributed by atoms with van der Waals surface area (Å²) in [4.78, 5) is 26.6. The molecule has 2 aliphatic rings. The normalized spacial score (nSPS) is 26.2. The van der Waals surface area contributed by atoms with E-state index in [1.165, 1.54) is 25.3 Å². The molecule has 1 amide bonds. The average molecular weight is 369 g/mol. The summed E-state index contributed by atoms with van der Waals surface area (Å²) in [7, 11) is 1.34. The third kappa shape index (κ3) is 3.44. The molecular weight excluding hydrogens is 347 g/mol. The van der Waals surface area contributed by atoms with Crippen LogP contribution in [0.1, 0.15) is 48.0 Å². The van der Waals surface area contributed by atoms with Crippen LogP contribution in [-0.4, -0.2) is 36.5 Å². The lowest BCUT2D eigenvalue weighted by Crippen LogP contribution is -2.54. The highest BCUT2D eigenvalue weighted by Gasteiger charge is 2.45. The summed E-state index contributed by atoms with van der Waals surface area (Å²) in [5, 5.41) is 0. The minimum absolute atomic E-state index is 0.0491. The number of benzene rings is 1. The van der Waals surface area contributed by atoms with Crippen molar-refractivity contribution in [2.24, 2.45) is 11.8 Å². The summed E-state index contributed by atoms with van der Waals surface area (Å²) in [6, 6.07) is 4.69. The zero-order chi connectivity index (χ0) is 18.9. The Morgan fingerprint density at radius 3 is 2.50 bits per heavy atom. The average Bonchev–Trinajstić information content (AvgIpc) is 2.65. The number of hydrogen-bond acceptors (Lipinski definition) is 3. The maximum atomic E-state index is 13.3. The Balaban J connectivity index is 1.90. The Morgan fingerprint density at radius 2 is 1.81 bits per heavy atom. The standard InChI is InChI=1S/C19H22F3NO3/c1-26-18(25)13-10-11-23(16-9-5-3-6-12(13)16)17(24)14-7-2-4-8-15(14)19(20,21)22/h2,4,7-8,12-13,16H,3,5-6,9-11H2,1H3. The largest absolute Gasteiger partial charge is 0.469 e. The number of carbonyl (C=O) groups excluding carboxylic acids is 2. The number of carbonyl (C=O) groups is 2. The summed E-state index contributed by atoms with van der Waals surface area (Å²) in [5.41, 5.74) is -1.23. The van der Waals surface area contributed by atoms with Crippen LogP contribution in [0, 0.1) is 11.8 Å². The van der Waals surface area contributed by atoms with Gasteiger partial charge in [-0.05, 0) is 37.3 Å². The van der Waals surface area contributed by atoms with Crippen molar-refractivity contribution >= 4 is 11.9 Å². The number of amides is 1. The molecule has 1 heterocycles. The van der Waals surface area contributed by atoms with Gasteiger partial charge >= 0.3 is 12.1 Å². The van der Waals surface area contributed by atoms with E-state index in [4.69, 9.17) is 4.74 Å². The summed E-state index contributed by atoms with van der Waals surface area (Å²) in [6.07, 6.45) is -0.806. The van der Waals surface area contributed by atoms with Crippen LogP contribution in [0.25, 0.3) is 0 Å². The number of piperidine rings is 1. The first-order chi connectivity index (χ1) is 12.3. The van der Waals surface area contributed by atoms with Crippen LogP contribution in [-0.2, 0) is 15.7 Å². The van der Waals surface area contributed by atoms with Crippen LogP contribution < -0.4 is 0 Å². The molecule has 4 nitrogen and oxygen atoms in total. The highest BCUT2D eigenvalue weighted by atomic mass is 19.4. The van der Waals surface area contributed by atoms with Crippen molar-refractivity contribution in [3.05, 3.63) is 35.4 Å². The van der Waals surface area contributed by atoms with Crippen LogP contribution in [0.5, 0.6) is 0 Å². The molecular formula is C19H22F3NO3. The van der Waals surface area contributed by atoms with Crippen LogP contribution in [0.4, 0.5) is 13.2 Å². The lowest BCUT2D eigenvalue weighted by atomic mass is 9.71. The minimum Gasteiger partial charge on any atom is -0.469 e. The van der Waals surface area contributed by atoms with Crippen molar-refractivity contribution in [3.63, 3.8) is 0 Å². The first-order valence-corrected chi connectivity index (χ1v) is 8.89. The second-order valence-corrected chi connectivity index (χ2v) is 6.98. The molecule has 0 aromatic heterocycles. The van der Waals surface area contributed by atoms with Crippen molar-refractivity contribution in [3.8, 4) is 0 Å². The van der Waals surface area contributed by atoms with E-state index in [0.29, 0.717) is 12.8 Å². The molecule has 7 heteroatoms. The predicted octanol–water partition coefficient (Wildman–Crippen LogP) is 3.90. The van der Waals surface area contributed by atoms with E-state index >= 15 is 0 Å². The second-order valence-electron chi connectivity index (χ2n) is 6.98. The third-order valence-electron chi connectivity index (χ3n) is 5.61. The van der Waals surface area contributed by atoms with Crippen LogP contribution >= 0.6 is 0 Å². The quantitative estimate of drug-likeness (QED) is 0.743. The maximum Gasteiger partial charge on any atom is 0.417 e. The van der Waals surface area contributed by atoms with E-state index in [0.717, 1.165) is 25.3 Å². The van der Waals surface area contributed by atoms with E-state index in [9.17, 15) is 22.8 Å². The number of methoxy groups -OCH3 is 1. The Kier molecular flexibility index (Phi) is 5.25. The van der Waals surface area contributed by atoms with E-state index in [1.54, 1.807) is 4.90 Å². The van der Waals surface area contributed by atoms with Crippen molar-refractivity contribution in [2.75, 3.05) is 13.7 Å². The Hall–Kier alpha value is -2.05. The number of esters is 1. The molecule has 0 bridgehead atoms. The fraction of sp³-hybridized carbons (Fsp3) is 0.579. The zero-order valence-electron chi connectivity index (χ0n) is 14.6. The molecule has 3 rings (SSSR count). The fourth-order valence-electron chi connectivity index (χ4n) is 4.42. The highest BCUT2D eigenvalue weighted by Crippen LogP contribution is 2.41. The Bertz CT molecular complexity index is 689. The molecule has 1 aromatic carbocycles. The van der Waals surface area contributed by atoms with Gasteiger partial charge in [-0.1, -0.05) is 25.0 Å². The van der Waals surface area contributed by atoms with Gasteiger partial charge in [0.05, 0.1) is 24.2 Å². The van der Waals surface area contributed by atoms with Gasteiger partial charge < -0.3 is 9.64 Å². The molecule has 3 unspecified atom stereocenters. The molecule has 3 atom stereocenters. The molecule has 1 aliphatic heterocycles. The lowest BCUT2D eigenvalue weighted by Gasteiger charge is -2.47. The predicted molar refractivity (Wildman–Crippen MR) is 88.3 cm³/mol. The lowest BCUT2D eigenvalue weighted by molar-refractivity contribution is -0.151. The SMILES string of the molecule is COC(=O)C1CCN(C(=O)c2ccccc2C(F)(F)F)C2CCCCC12. The molecule has 142 valence electrons. The van der Waals surface area contributed by atoms with Crippen molar-refractivity contribution < 1.29 is 27.5 Å². The smallest absolute Gasteiger partial charge is 0.417 e. The van der Waals surface area contributed by atoms with Gasteiger partial charge in [-0.25, -0.2) is 0 Å². The van der Waals surface area contributed by atoms with Gasteiger partial charge in [0.25, 0.3) is 5.91 Å². The first-order valence-electron chi connectivity index (χ1n) is 8.89. The number of hydrogen-bond donors (Lipinski definition) is 0. The van der Waals surface area contributed by atoms with Gasteiger partial charge in [-0.2, -0.15) is 13.2 Å². The summed E-state index contributed by atoms with van der Waals surface area (Å²) in [5.74, 6) is -1.22. The first kappa shape index (κ1) is 18.7. The van der Waals surface area contributed by atoms with Crippen LogP contribution in [0.2, 0.25) is 0 Å². The second kappa shape index (κ2) is 7.29. The molecule has 0 spiro atoms. The minimum atomic E-state index is -4.58. The number of alkyl halides is 3. The Morgan fingerprint density at radius 1 is 1.12 bits per heavy atom.